The summed E-state index contributed by atoms with van der Waals surface area (Å²) in [4.78, 5) is 25.2. The summed E-state index contributed by atoms with van der Waals surface area (Å²) in [6.07, 6.45) is 0. The third-order valence-corrected chi connectivity index (χ3v) is 4.05. The van der Waals surface area contributed by atoms with E-state index in [2.05, 4.69) is 10.6 Å². The number of urea groups is 1. The number of rotatable bonds is 2. The van der Waals surface area contributed by atoms with Gasteiger partial charge in [-0.3, -0.25) is 4.79 Å². The Balaban J connectivity index is 0.00000161. The number of hydrogen-bond donors (Lipinski definition) is 3. The van der Waals surface area contributed by atoms with Crippen molar-refractivity contribution in [3.8, 4) is 0 Å². The number of hydrogen-bond acceptors (Lipinski definition) is 3. The Bertz CT molecular complexity index is 540. The number of nitrogens with zero attached hydrogens (tertiary/aromatic N) is 1. The van der Waals surface area contributed by atoms with Crippen molar-refractivity contribution in [2.24, 2.45) is 17.6 Å². The molecule has 7 heteroatoms. The van der Waals surface area contributed by atoms with Crippen molar-refractivity contribution >= 4 is 30.0 Å². The number of primary amides is 1. The molecule has 2 aliphatic rings. The van der Waals surface area contributed by atoms with Gasteiger partial charge in [0.15, 0.2) is 0 Å². The molecule has 0 radical (unpaired) electrons. The number of amides is 3. The van der Waals surface area contributed by atoms with Crippen LogP contribution in [-0.2, 0) is 0 Å². The molecule has 2 fully saturated rings. The van der Waals surface area contributed by atoms with Crippen molar-refractivity contribution in [3.05, 3.63) is 29.8 Å². The van der Waals surface area contributed by atoms with Gasteiger partial charge in [0.05, 0.1) is 0 Å². The van der Waals surface area contributed by atoms with Crippen LogP contribution in [0, 0.1) is 11.8 Å². The van der Waals surface area contributed by atoms with Gasteiger partial charge in [0.1, 0.15) is 0 Å². The molecule has 114 valence electrons. The smallest absolute Gasteiger partial charge is 0.316 e. The van der Waals surface area contributed by atoms with E-state index in [0.717, 1.165) is 26.2 Å². The highest BCUT2D eigenvalue weighted by atomic mass is 35.5. The first kappa shape index (κ1) is 15.6. The Morgan fingerprint density at radius 1 is 1.24 bits per heavy atom. The normalized spacial score (nSPS) is 23.3. The van der Waals surface area contributed by atoms with Crippen molar-refractivity contribution in [2.45, 2.75) is 0 Å². The van der Waals surface area contributed by atoms with Gasteiger partial charge in [-0.2, -0.15) is 0 Å². The lowest BCUT2D eigenvalue weighted by Crippen LogP contribution is -2.32. The van der Waals surface area contributed by atoms with Gasteiger partial charge in [0, 0.05) is 37.4 Å². The molecule has 2 saturated heterocycles. The quantitative estimate of drug-likeness (QED) is 0.758. The highest BCUT2D eigenvalue weighted by molar-refractivity contribution is 5.96. The number of benzene rings is 1. The van der Waals surface area contributed by atoms with E-state index in [-0.39, 0.29) is 18.3 Å². The lowest BCUT2D eigenvalue weighted by molar-refractivity contribution is 0.0781. The minimum Gasteiger partial charge on any atom is -0.351 e. The monoisotopic (exact) mass is 310 g/mol. The highest BCUT2D eigenvalue weighted by Crippen LogP contribution is 2.27. The summed E-state index contributed by atoms with van der Waals surface area (Å²) in [6, 6.07) is 6.26. The molecule has 0 saturated carbocycles. The maximum Gasteiger partial charge on any atom is 0.316 e. The predicted molar refractivity (Wildman–Crippen MR) is 82.6 cm³/mol. The number of likely N-dealkylation sites (tertiary alicyclic amines) is 1. The van der Waals surface area contributed by atoms with Crippen LogP contribution in [0.2, 0.25) is 0 Å². The highest BCUT2D eigenvalue weighted by Gasteiger charge is 2.38. The van der Waals surface area contributed by atoms with Crippen LogP contribution in [0.1, 0.15) is 10.4 Å². The molecule has 2 aliphatic heterocycles. The zero-order chi connectivity index (χ0) is 14.1. The zero-order valence-corrected chi connectivity index (χ0v) is 12.4. The third kappa shape index (κ3) is 3.28. The van der Waals surface area contributed by atoms with Gasteiger partial charge in [0.25, 0.3) is 5.91 Å². The second-order valence-corrected chi connectivity index (χ2v) is 5.46. The van der Waals surface area contributed by atoms with Crippen LogP contribution in [0.15, 0.2) is 24.3 Å². The van der Waals surface area contributed by atoms with Gasteiger partial charge in [-0.05, 0) is 30.0 Å². The largest absolute Gasteiger partial charge is 0.351 e. The molecule has 2 atom stereocenters. The van der Waals surface area contributed by atoms with Gasteiger partial charge in [0.2, 0.25) is 0 Å². The topological polar surface area (TPSA) is 87.5 Å². The SMILES string of the molecule is Cl.NC(=O)Nc1cccc(C(=O)N2C[C@H]3CNC[C@H]3C2)c1. The molecular weight excluding hydrogens is 292 g/mol. The number of halogens is 1. The van der Waals surface area contributed by atoms with Crippen LogP contribution < -0.4 is 16.4 Å². The minimum atomic E-state index is -0.628. The Morgan fingerprint density at radius 2 is 1.90 bits per heavy atom. The molecule has 0 unspecified atom stereocenters. The molecule has 0 aromatic heterocycles. The Labute approximate surface area is 129 Å². The molecule has 6 nitrogen and oxygen atoms in total. The molecule has 1 aromatic carbocycles. The molecule has 21 heavy (non-hydrogen) atoms. The van der Waals surface area contributed by atoms with E-state index in [9.17, 15) is 9.59 Å². The number of fused-ring (bicyclic) bond motifs is 1. The van der Waals surface area contributed by atoms with Crippen LogP contribution >= 0.6 is 12.4 Å². The predicted octanol–water partition coefficient (Wildman–Crippen LogP) is 0.890. The summed E-state index contributed by atoms with van der Waals surface area (Å²) in [5.74, 6) is 1.17. The van der Waals surface area contributed by atoms with E-state index < -0.39 is 6.03 Å². The molecule has 0 bridgehead atoms. The first-order valence-electron chi connectivity index (χ1n) is 6.80. The lowest BCUT2D eigenvalue weighted by Gasteiger charge is -2.18. The van der Waals surface area contributed by atoms with Gasteiger partial charge < -0.3 is 21.3 Å². The van der Waals surface area contributed by atoms with E-state index in [1.54, 1.807) is 24.3 Å². The summed E-state index contributed by atoms with van der Waals surface area (Å²) in [6.45, 7) is 3.61. The van der Waals surface area contributed by atoms with Gasteiger partial charge in [-0.15, -0.1) is 12.4 Å². The maximum absolute atomic E-state index is 12.5. The number of nitrogens with one attached hydrogen (secondary N) is 2. The van der Waals surface area contributed by atoms with E-state index >= 15 is 0 Å². The van der Waals surface area contributed by atoms with Crippen LogP contribution in [0.4, 0.5) is 10.5 Å². The summed E-state index contributed by atoms with van der Waals surface area (Å²) in [5.41, 5.74) is 6.22. The lowest BCUT2D eigenvalue weighted by atomic mass is 10.0. The number of anilines is 1. The van der Waals surface area contributed by atoms with E-state index in [1.165, 1.54) is 0 Å². The van der Waals surface area contributed by atoms with Crippen molar-refractivity contribution in [2.75, 3.05) is 31.5 Å². The average molecular weight is 311 g/mol. The standard InChI is InChI=1S/C14H18N4O2.ClH/c15-14(20)17-12-3-1-2-9(4-12)13(19)18-7-10-5-16-6-11(10)8-18;/h1-4,10-11,16H,5-8H2,(H3,15,17,20);1H/t10-,11+;. The number of carbonyl (C=O) groups excluding carboxylic acids is 2. The van der Waals surface area contributed by atoms with Crippen molar-refractivity contribution in [1.82, 2.24) is 10.2 Å². The fraction of sp³-hybridized carbons (Fsp3) is 0.429. The van der Waals surface area contributed by atoms with Crippen molar-refractivity contribution < 1.29 is 9.59 Å². The van der Waals surface area contributed by atoms with Gasteiger partial charge in [-0.1, -0.05) is 6.07 Å². The molecule has 0 spiro atoms. The Hall–Kier alpha value is -1.79. The summed E-state index contributed by atoms with van der Waals surface area (Å²) >= 11 is 0. The number of nitrogens with two attached hydrogens (primary N) is 1. The molecule has 4 N–H and O–H groups in total. The molecule has 2 heterocycles. The third-order valence-electron chi connectivity index (χ3n) is 4.05. The first-order chi connectivity index (χ1) is 9.63. The fourth-order valence-corrected chi connectivity index (χ4v) is 3.08. The molecule has 0 aliphatic carbocycles. The second kappa shape index (κ2) is 6.32. The van der Waals surface area contributed by atoms with Crippen LogP contribution in [0.25, 0.3) is 0 Å². The van der Waals surface area contributed by atoms with Crippen LogP contribution in [0.5, 0.6) is 0 Å². The van der Waals surface area contributed by atoms with Crippen LogP contribution in [-0.4, -0.2) is 43.0 Å². The molecule has 3 rings (SSSR count). The molecule has 1 aromatic rings. The van der Waals surface area contributed by atoms with E-state index in [4.69, 9.17) is 5.73 Å². The van der Waals surface area contributed by atoms with E-state index in [0.29, 0.717) is 23.1 Å². The van der Waals surface area contributed by atoms with Gasteiger partial charge in [-0.25, -0.2) is 4.79 Å². The average Bonchev–Trinajstić information content (AvgIpc) is 2.98. The minimum absolute atomic E-state index is 0. The Kier molecular flexibility index (Phi) is 4.69. The summed E-state index contributed by atoms with van der Waals surface area (Å²) < 4.78 is 0. The first-order valence-corrected chi connectivity index (χ1v) is 6.80. The van der Waals surface area contributed by atoms with Crippen LogP contribution in [0.3, 0.4) is 0 Å². The van der Waals surface area contributed by atoms with Crippen molar-refractivity contribution in [3.63, 3.8) is 0 Å². The summed E-state index contributed by atoms with van der Waals surface area (Å²) in [7, 11) is 0. The summed E-state index contributed by atoms with van der Waals surface area (Å²) in [5, 5.41) is 5.84. The number of carbonyl (C=O) groups is 2. The Morgan fingerprint density at radius 3 is 2.52 bits per heavy atom. The molecule has 3 amide bonds. The second-order valence-electron chi connectivity index (χ2n) is 5.46. The maximum atomic E-state index is 12.5. The zero-order valence-electron chi connectivity index (χ0n) is 11.5. The fourth-order valence-electron chi connectivity index (χ4n) is 3.08. The van der Waals surface area contributed by atoms with E-state index in [1.807, 2.05) is 4.90 Å². The van der Waals surface area contributed by atoms with Gasteiger partial charge >= 0.3 is 6.03 Å². The van der Waals surface area contributed by atoms with Crippen molar-refractivity contribution in [1.29, 1.82) is 0 Å². The molecular formula is C14H19ClN4O2.